The summed E-state index contributed by atoms with van der Waals surface area (Å²) in [6.45, 7) is 0. The highest BCUT2D eigenvalue weighted by molar-refractivity contribution is 5.93. The summed E-state index contributed by atoms with van der Waals surface area (Å²) in [7, 11) is 1.23. The molecule has 0 saturated heterocycles. The van der Waals surface area contributed by atoms with E-state index >= 15 is 0 Å². The molecule has 0 aromatic carbocycles. The number of aromatic nitrogens is 4. The maximum Gasteiger partial charge on any atom is 0.435 e. The largest absolute Gasteiger partial charge is 0.435 e. The number of nitrogens with one attached hydrogen (secondary N) is 1. The van der Waals surface area contributed by atoms with Crippen molar-refractivity contribution in [1.29, 1.82) is 0 Å². The molecule has 4 rings (SSSR count). The molecule has 1 amide bonds. The van der Waals surface area contributed by atoms with Gasteiger partial charge in [-0.3, -0.25) is 19.4 Å². The Morgan fingerprint density at radius 1 is 1.06 bits per heavy atom. The molecule has 0 aliphatic heterocycles. The zero-order valence-corrected chi connectivity index (χ0v) is 16.4. The van der Waals surface area contributed by atoms with Crippen molar-refractivity contribution in [2.24, 2.45) is 7.05 Å². The van der Waals surface area contributed by atoms with Gasteiger partial charge in [0, 0.05) is 31.1 Å². The number of alkyl halides is 6. The second kappa shape index (κ2) is 7.61. The number of hydrogen-bond acceptors (Lipinski definition) is 4. The van der Waals surface area contributed by atoms with E-state index in [0.29, 0.717) is 24.5 Å². The monoisotopic (exact) mass is 455 g/mol. The average Bonchev–Trinajstić information content (AvgIpc) is 3.30. The van der Waals surface area contributed by atoms with Crippen molar-refractivity contribution in [3.8, 4) is 11.3 Å². The van der Waals surface area contributed by atoms with E-state index < -0.39 is 35.7 Å². The van der Waals surface area contributed by atoms with Crippen LogP contribution in [0.2, 0.25) is 0 Å². The highest BCUT2D eigenvalue weighted by atomic mass is 19.4. The van der Waals surface area contributed by atoms with Crippen LogP contribution in [-0.2, 0) is 25.8 Å². The fraction of sp³-hybridized carbons (Fsp3) is 0.300. The van der Waals surface area contributed by atoms with E-state index in [4.69, 9.17) is 0 Å². The van der Waals surface area contributed by atoms with Crippen LogP contribution in [0.5, 0.6) is 0 Å². The van der Waals surface area contributed by atoms with Crippen molar-refractivity contribution in [3.63, 3.8) is 0 Å². The molecule has 12 heteroatoms. The predicted octanol–water partition coefficient (Wildman–Crippen LogP) is 4.33. The summed E-state index contributed by atoms with van der Waals surface area (Å²) >= 11 is 0. The number of hydrogen-bond donors (Lipinski definition) is 1. The van der Waals surface area contributed by atoms with E-state index in [1.165, 1.54) is 19.3 Å². The normalized spacial score (nSPS) is 16.2. The van der Waals surface area contributed by atoms with E-state index in [0.717, 1.165) is 22.5 Å². The van der Waals surface area contributed by atoms with E-state index in [1.54, 1.807) is 6.07 Å². The van der Waals surface area contributed by atoms with Gasteiger partial charge in [0.05, 0.1) is 11.7 Å². The van der Waals surface area contributed by atoms with Crippen LogP contribution in [0.25, 0.3) is 11.3 Å². The number of aryl methyl sites for hydroxylation is 2. The summed E-state index contributed by atoms with van der Waals surface area (Å²) in [5.41, 5.74) is -0.590. The molecule has 0 spiro atoms. The first-order chi connectivity index (χ1) is 14.9. The third-order valence-electron chi connectivity index (χ3n) is 5.15. The summed E-state index contributed by atoms with van der Waals surface area (Å²) in [5.74, 6) is -0.741. The maximum absolute atomic E-state index is 13.0. The summed E-state index contributed by atoms with van der Waals surface area (Å²) < 4.78 is 78.4. The average molecular weight is 455 g/mol. The van der Waals surface area contributed by atoms with Crippen molar-refractivity contribution in [2.75, 3.05) is 0 Å². The Hall–Kier alpha value is -3.44. The van der Waals surface area contributed by atoms with Crippen LogP contribution in [0.15, 0.2) is 36.7 Å². The molecule has 3 heterocycles. The lowest BCUT2D eigenvalue weighted by Crippen LogP contribution is -2.28. The number of amides is 1. The van der Waals surface area contributed by atoms with Gasteiger partial charge in [-0.25, -0.2) is 0 Å². The number of pyridine rings is 2. The molecule has 6 nitrogen and oxygen atoms in total. The Kier molecular flexibility index (Phi) is 5.18. The maximum atomic E-state index is 13.0. The van der Waals surface area contributed by atoms with Crippen molar-refractivity contribution in [1.82, 2.24) is 25.1 Å². The number of fused-ring (bicyclic) bond motifs is 1. The third-order valence-corrected chi connectivity index (χ3v) is 5.15. The van der Waals surface area contributed by atoms with Crippen LogP contribution < -0.4 is 5.32 Å². The van der Waals surface area contributed by atoms with Gasteiger partial charge in [0.15, 0.2) is 5.69 Å². The molecule has 0 radical (unpaired) electrons. The minimum atomic E-state index is -4.68. The number of halogens is 6. The molecule has 0 fully saturated rings. The zero-order valence-electron chi connectivity index (χ0n) is 16.4. The molecule has 0 saturated carbocycles. The van der Waals surface area contributed by atoms with E-state index in [2.05, 4.69) is 20.4 Å². The van der Waals surface area contributed by atoms with Crippen molar-refractivity contribution >= 4 is 5.91 Å². The Labute approximate surface area is 177 Å². The third kappa shape index (κ3) is 4.16. The van der Waals surface area contributed by atoms with Crippen LogP contribution in [-0.4, -0.2) is 25.7 Å². The molecule has 0 bridgehead atoms. The first kappa shape index (κ1) is 21.8. The number of rotatable bonds is 3. The summed E-state index contributed by atoms with van der Waals surface area (Å²) in [6.07, 6.45) is -5.71. The topological polar surface area (TPSA) is 72.7 Å². The minimum Gasteiger partial charge on any atom is -0.344 e. The Morgan fingerprint density at radius 2 is 1.78 bits per heavy atom. The molecular formula is C20H15F6N5O. The molecule has 3 aromatic heterocycles. The van der Waals surface area contributed by atoms with Crippen LogP contribution in [0.3, 0.4) is 0 Å². The van der Waals surface area contributed by atoms with Gasteiger partial charge in [-0.05, 0) is 42.2 Å². The molecule has 1 N–H and O–H groups in total. The second-order valence-electron chi connectivity index (χ2n) is 7.30. The quantitative estimate of drug-likeness (QED) is 0.597. The minimum absolute atomic E-state index is 0.202. The molecule has 32 heavy (non-hydrogen) atoms. The van der Waals surface area contributed by atoms with Crippen LogP contribution in [0.4, 0.5) is 26.3 Å². The number of carbonyl (C=O) groups is 1. The van der Waals surface area contributed by atoms with Crippen molar-refractivity contribution in [2.45, 2.75) is 31.2 Å². The van der Waals surface area contributed by atoms with Crippen molar-refractivity contribution < 1.29 is 31.1 Å². The lowest BCUT2D eigenvalue weighted by Gasteiger charge is -2.15. The fourth-order valence-corrected chi connectivity index (χ4v) is 3.59. The van der Waals surface area contributed by atoms with Gasteiger partial charge in [0.2, 0.25) is 0 Å². The molecule has 1 aliphatic rings. The Bertz CT molecular complexity index is 1180. The highest BCUT2D eigenvalue weighted by Gasteiger charge is 2.36. The van der Waals surface area contributed by atoms with Crippen LogP contribution in [0, 0.1) is 0 Å². The van der Waals surface area contributed by atoms with Gasteiger partial charge in [-0.2, -0.15) is 31.4 Å². The van der Waals surface area contributed by atoms with Gasteiger partial charge < -0.3 is 5.32 Å². The highest BCUT2D eigenvalue weighted by Crippen LogP contribution is 2.35. The molecule has 0 unspecified atom stereocenters. The van der Waals surface area contributed by atoms with E-state index in [9.17, 15) is 31.1 Å². The van der Waals surface area contributed by atoms with Gasteiger partial charge in [-0.1, -0.05) is 0 Å². The van der Waals surface area contributed by atoms with E-state index in [-0.39, 0.29) is 17.0 Å². The summed E-state index contributed by atoms with van der Waals surface area (Å²) in [4.78, 5) is 20.1. The Balaban J connectivity index is 1.60. The predicted molar refractivity (Wildman–Crippen MR) is 99.2 cm³/mol. The summed E-state index contributed by atoms with van der Waals surface area (Å²) in [5, 5.41) is 6.01. The first-order valence-electron chi connectivity index (χ1n) is 9.38. The zero-order chi connectivity index (χ0) is 23.3. The number of nitrogens with zero attached hydrogens (tertiary/aromatic N) is 4. The first-order valence-corrected chi connectivity index (χ1v) is 9.38. The lowest BCUT2D eigenvalue weighted by molar-refractivity contribution is -0.142. The Morgan fingerprint density at radius 3 is 2.44 bits per heavy atom. The molecular weight excluding hydrogens is 440 g/mol. The molecule has 3 aromatic rings. The second-order valence-corrected chi connectivity index (χ2v) is 7.30. The fourth-order valence-electron chi connectivity index (χ4n) is 3.59. The van der Waals surface area contributed by atoms with Crippen molar-refractivity contribution in [3.05, 3.63) is 64.9 Å². The van der Waals surface area contributed by atoms with Crippen LogP contribution >= 0.6 is 0 Å². The molecule has 1 aliphatic carbocycles. The van der Waals surface area contributed by atoms with Gasteiger partial charge in [0.25, 0.3) is 5.91 Å². The smallest absolute Gasteiger partial charge is 0.344 e. The molecule has 1 atom stereocenters. The van der Waals surface area contributed by atoms with Gasteiger partial charge in [0.1, 0.15) is 11.4 Å². The van der Waals surface area contributed by atoms with Crippen LogP contribution in [0.1, 0.15) is 45.5 Å². The lowest BCUT2D eigenvalue weighted by atomic mass is 10.0. The van der Waals surface area contributed by atoms with E-state index in [1.807, 2.05) is 0 Å². The van der Waals surface area contributed by atoms with Gasteiger partial charge >= 0.3 is 12.4 Å². The summed E-state index contributed by atoms with van der Waals surface area (Å²) in [6, 6.07) is 3.98. The standard InChI is InChI=1S/C20H15F6N5O/c1-31-15(8-17(30-31)20(24,25)26)18(32)29-13-3-2-11-9-28-14(7-12(11)13)10-4-5-27-16(6-10)19(21,22)23/h4-9,13H,2-3H2,1H3,(H,29,32)/t13-/m1/s1. The number of carbonyl (C=O) groups excluding carboxylic acids is 1. The van der Waals surface area contributed by atoms with Gasteiger partial charge in [-0.15, -0.1) is 0 Å². The SMILES string of the molecule is Cn1nc(C(F)(F)F)cc1C(=O)N[C@@H]1CCc2cnc(-c3ccnc(C(F)(F)F)c3)cc21. The molecule has 168 valence electrons.